The summed E-state index contributed by atoms with van der Waals surface area (Å²) in [5, 5.41) is 3.79. The van der Waals surface area contributed by atoms with Gasteiger partial charge < -0.3 is 10.1 Å². The molecule has 1 N–H and O–H groups in total. The van der Waals surface area contributed by atoms with Crippen molar-refractivity contribution < 1.29 is 4.74 Å². The van der Waals surface area contributed by atoms with E-state index in [0.717, 1.165) is 24.4 Å². The molecule has 0 spiro atoms. The van der Waals surface area contributed by atoms with Crippen molar-refractivity contribution in [3.05, 3.63) is 0 Å². The highest BCUT2D eigenvalue weighted by Crippen LogP contribution is 2.38. The van der Waals surface area contributed by atoms with Crippen molar-refractivity contribution in [2.75, 3.05) is 13.7 Å². The van der Waals surface area contributed by atoms with Gasteiger partial charge in [-0.05, 0) is 31.6 Å². The highest BCUT2D eigenvalue weighted by molar-refractivity contribution is 4.87. The Balaban J connectivity index is 1.84. The van der Waals surface area contributed by atoms with Crippen LogP contribution in [0.4, 0.5) is 0 Å². The SMILES string of the molecule is COC(C)CNC1CCCCC1C1CCCCC1. The Labute approximate surface area is 113 Å². The zero-order valence-electron chi connectivity index (χ0n) is 12.3. The zero-order chi connectivity index (χ0) is 12.8. The number of rotatable bonds is 5. The standard InChI is InChI=1S/C16H31NO/c1-13(18-2)12-17-16-11-7-6-10-15(16)14-8-4-3-5-9-14/h13-17H,3-12H2,1-2H3. The first-order valence-electron chi connectivity index (χ1n) is 8.07. The zero-order valence-corrected chi connectivity index (χ0v) is 12.3. The fraction of sp³-hybridized carbons (Fsp3) is 1.00. The third-order valence-corrected chi connectivity index (χ3v) is 5.14. The van der Waals surface area contributed by atoms with Crippen molar-refractivity contribution in [1.82, 2.24) is 5.32 Å². The summed E-state index contributed by atoms with van der Waals surface area (Å²) >= 11 is 0. The van der Waals surface area contributed by atoms with Gasteiger partial charge in [0.05, 0.1) is 6.10 Å². The van der Waals surface area contributed by atoms with E-state index >= 15 is 0 Å². The van der Waals surface area contributed by atoms with Gasteiger partial charge in [0.1, 0.15) is 0 Å². The molecule has 2 nitrogen and oxygen atoms in total. The van der Waals surface area contributed by atoms with E-state index in [9.17, 15) is 0 Å². The molecule has 0 heterocycles. The van der Waals surface area contributed by atoms with Crippen molar-refractivity contribution in [1.29, 1.82) is 0 Å². The molecular formula is C16H31NO. The van der Waals surface area contributed by atoms with Crippen LogP contribution in [0.5, 0.6) is 0 Å². The summed E-state index contributed by atoms with van der Waals surface area (Å²) in [4.78, 5) is 0. The predicted octanol–water partition coefficient (Wildman–Crippen LogP) is 3.75. The molecule has 0 bridgehead atoms. The smallest absolute Gasteiger partial charge is 0.0667 e. The van der Waals surface area contributed by atoms with Crippen LogP contribution in [0, 0.1) is 11.8 Å². The third-order valence-electron chi connectivity index (χ3n) is 5.14. The van der Waals surface area contributed by atoms with Crippen LogP contribution in [0.25, 0.3) is 0 Å². The number of hydrogen-bond acceptors (Lipinski definition) is 2. The van der Waals surface area contributed by atoms with E-state index < -0.39 is 0 Å². The normalized spacial score (nSPS) is 32.3. The monoisotopic (exact) mass is 253 g/mol. The molecule has 18 heavy (non-hydrogen) atoms. The molecule has 2 saturated carbocycles. The maximum atomic E-state index is 5.36. The van der Waals surface area contributed by atoms with E-state index in [4.69, 9.17) is 4.74 Å². The lowest BCUT2D eigenvalue weighted by atomic mass is 9.71. The molecule has 0 aromatic rings. The quantitative estimate of drug-likeness (QED) is 0.805. The second kappa shape index (κ2) is 7.49. The molecule has 0 amide bonds. The van der Waals surface area contributed by atoms with E-state index in [0.29, 0.717) is 6.10 Å². The average Bonchev–Trinajstić information content (AvgIpc) is 2.46. The molecule has 3 atom stereocenters. The minimum absolute atomic E-state index is 0.346. The van der Waals surface area contributed by atoms with Crippen molar-refractivity contribution in [2.24, 2.45) is 11.8 Å². The minimum Gasteiger partial charge on any atom is -0.380 e. The molecule has 0 aliphatic heterocycles. The van der Waals surface area contributed by atoms with Crippen molar-refractivity contribution in [2.45, 2.75) is 76.9 Å². The molecule has 106 valence electrons. The van der Waals surface area contributed by atoms with Crippen molar-refractivity contribution in [3.8, 4) is 0 Å². The van der Waals surface area contributed by atoms with Crippen LogP contribution in [-0.4, -0.2) is 25.8 Å². The third kappa shape index (κ3) is 3.96. The average molecular weight is 253 g/mol. The van der Waals surface area contributed by atoms with Crippen LogP contribution in [0.1, 0.15) is 64.7 Å². The molecule has 2 fully saturated rings. The predicted molar refractivity (Wildman–Crippen MR) is 76.8 cm³/mol. The van der Waals surface area contributed by atoms with Gasteiger partial charge in [-0.15, -0.1) is 0 Å². The molecule has 3 unspecified atom stereocenters. The van der Waals surface area contributed by atoms with E-state index in [2.05, 4.69) is 12.2 Å². The highest BCUT2D eigenvalue weighted by atomic mass is 16.5. The van der Waals surface area contributed by atoms with Crippen LogP contribution in [0.2, 0.25) is 0 Å². The Morgan fingerprint density at radius 1 is 1.00 bits per heavy atom. The van der Waals surface area contributed by atoms with Crippen molar-refractivity contribution in [3.63, 3.8) is 0 Å². The molecule has 2 heteroatoms. The Morgan fingerprint density at radius 2 is 1.67 bits per heavy atom. The minimum atomic E-state index is 0.346. The van der Waals surface area contributed by atoms with Crippen LogP contribution in [-0.2, 0) is 4.74 Å². The molecule has 2 aliphatic carbocycles. The lowest BCUT2D eigenvalue weighted by Crippen LogP contribution is -2.45. The van der Waals surface area contributed by atoms with Gasteiger partial charge in [-0.3, -0.25) is 0 Å². The number of hydrogen-bond donors (Lipinski definition) is 1. The second-order valence-electron chi connectivity index (χ2n) is 6.41. The first kappa shape index (κ1) is 14.3. The van der Waals surface area contributed by atoms with Gasteiger partial charge in [-0.1, -0.05) is 44.9 Å². The lowest BCUT2D eigenvalue weighted by molar-refractivity contribution is 0.0963. The molecule has 2 rings (SSSR count). The Kier molecular flexibility index (Phi) is 5.97. The maximum Gasteiger partial charge on any atom is 0.0667 e. The van der Waals surface area contributed by atoms with Crippen molar-refractivity contribution >= 4 is 0 Å². The summed E-state index contributed by atoms with van der Waals surface area (Å²) in [5.74, 6) is 1.96. The molecule has 2 aliphatic rings. The summed E-state index contributed by atoms with van der Waals surface area (Å²) in [7, 11) is 1.81. The lowest BCUT2D eigenvalue weighted by Gasteiger charge is -2.40. The number of methoxy groups -OCH3 is 1. The largest absolute Gasteiger partial charge is 0.380 e. The summed E-state index contributed by atoms with van der Waals surface area (Å²) in [6.07, 6.45) is 13.5. The second-order valence-corrected chi connectivity index (χ2v) is 6.41. The topological polar surface area (TPSA) is 21.3 Å². The van der Waals surface area contributed by atoms with E-state index in [1.807, 2.05) is 7.11 Å². The Morgan fingerprint density at radius 3 is 2.39 bits per heavy atom. The molecule has 0 aromatic heterocycles. The molecule has 0 radical (unpaired) electrons. The highest BCUT2D eigenvalue weighted by Gasteiger charge is 2.32. The fourth-order valence-electron chi connectivity index (χ4n) is 3.94. The summed E-state index contributed by atoms with van der Waals surface area (Å²) in [6, 6.07) is 0.763. The van der Waals surface area contributed by atoms with Gasteiger partial charge >= 0.3 is 0 Å². The Hall–Kier alpha value is -0.0800. The van der Waals surface area contributed by atoms with Crippen LogP contribution < -0.4 is 5.32 Å². The first-order chi connectivity index (χ1) is 8.81. The van der Waals surface area contributed by atoms with E-state index in [1.54, 1.807) is 0 Å². The maximum absolute atomic E-state index is 5.36. The Bertz CT molecular complexity index is 225. The number of nitrogens with one attached hydrogen (secondary N) is 1. The molecule has 0 aromatic carbocycles. The summed E-state index contributed by atoms with van der Waals surface area (Å²) in [6.45, 7) is 3.18. The van der Waals surface area contributed by atoms with Gasteiger partial charge in [0.2, 0.25) is 0 Å². The first-order valence-corrected chi connectivity index (χ1v) is 8.07. The van der Waals surface area contributed by atoms with E-state index in [-0.39, 0.29) is 0 Å². The number of ether oxygens (including phenoxy) is 1. The van der Waals surface area contributed by atoms with E-state index in [1.165, 1.54) is 57.8 Å². The molecular weight excluding hydrogens is 222 g/mol. The fourth-order valence-corrected chi connectivity index (χ4v) is 3.94. The van der Waals surface area contributed by atoms with Crippen LogP contribution >= 0.6 is 0 Å². The van der Waals surface area contributed by atoms with Gasteiger partial charge in [0, 0.05) is 19.7 Å². The molecule has 0 saturated heterocycles. The van der Waals surface area contributed by atoms with Gasteiger partial charge in [0.25, 0.3) is 0 Å². The summed E-state index contributed by atoms with van der Waals surface area (Å²) in [5.41, 5.74) is 0. The van der Waals surface area contributed by atoms with Gasteiger partial charge in [-0.25, -0.2) is 0 Å². The van der Waals surface area contributed by atoms with Gasteiger partial charge in [-0.2, -0.15) is 0 Å². The summed E-state index contributed by atoms with van der Waals surface area (Å²) < 4.78 is 5.36. The van der Waals surface area contributed by atoms with Gasteiger partial charge in [0.15, 0.2) is 0 Å². The van der Waals surface area contributed by atoms with Crippen LogP contribution in [0.15, 0.2) is 0 Å². The van der Waals surface area contributed by atoms with Crippen LogP contribution in [0.3, 0.4) is 0 Å².